The number of halogens is 3. The highest BCUT2D eigenvalue weighted by molar-refractivity contribution is 5.49. The van der Waals surface area contributed by atoms with Gasteiger partial charge in [0, 0.05) is 31.7 Å². The van der Waals surface area contributed by atoms with Crippen LogP contribution in [0.3, 0.4) is 0 Å². The van der Waals surface area contributed by atoms with Crippen LogP contribution in [0.1, 0.15) is 18.7 Å². The maximum Gasteiger partial charge on any atom is 0.451 e. The molecule has 1 atom stereocenters. The molecule has 1 unspecified atom stereocenters. The third kappa shape index (κ3) is 2.88. The van der Waals surface area contributed by atoms with Gasteiger partial charge < -0.3 is 10.3 Å². The molecule has 0 bridgehead atoms. The third-order valence-electron chi connectivity index (χ3n) is 4.03. The van der Waals surface area contributed by atoms with Gasteiger partial charge in [-0.15, -0.1) is 0 Å². The molecule has 0 aromatic carbocycles. The molecule has 9 heteroatoms. The summed E-state index contributed by atoms with van der Waals surface area (Å²) in [5.41, 5.74) is 2.18. The number of hydrazine groups is 1. The van der Waals surface area contributed by atoms with Crippen molar-refractivity contribution in [1.82, 2.24) is 14.9 Å². The lowest BCUT2D eigenvalue weighted by Crippen LogP contribution is -2.50. The number of aromatic nitrogens is 2. The molecule has 6 nitrogen and oxygen atoms in total. The number of anilines is 2. The number of hydrogen-bond donors (Lipinski definition) is 2. The smallest absolute Gasteiger partial charge is 0.354 e. The van der Waals surface area contributed by atoms with Crippen LogP contribution in [0, 0.1) is 0 Å². The van der Waals surface area contributed by atoms with Gasteiger partial charge >= 0.3 is 6.18 Å². The van der Waals surface area contributed by atoms with Gasteiger partial charge in [0.25, 0.3) is 0 Å². The fourth-order valence-electron chi connectivity index (χ4n) is 3.00. The Morgan fingerprint density at radius 3 is 2.76 bits per heavy atom. The van der Waals surface area contributed by atoms with E-state index >= 15 is 0 Å². The molecule has 0 saturated carbocycles. The van der Waals surface area contributed by atoms with Gasteiger partial charge in [0.15, 0.2) is 0 Å². The van der Waals surface area contributed by atoms with Gasteiger partial charge in [-0.05, 0) is 19.4 Å². The van der Waals surface area contributed by atoms with Crippen LogP contribution in [0.2, 0.25) is 0 Å². The Hall–Kier alpha value is -1.61. The van der Waals surface area contributed by atoms with Crippen molar-refractivity contribution in [2.24, 2.45) is 5.84 Å². The first-order valence-electron chi connectivity index (χ1n) is 6.89. The van der Waals surface area contributed by atoms with Gasteiger partial charge in [-0.2, -0.15) is 13.2 Å². The van der Waals surface area contributed by atoms with Gasteiger partial charge in [-0.3, -0.25) is 4.90 Å². The van der Waals surface area contributed by atoms with E-state index in [1.165, 1.54) is 6.07 Å². The van der Waals surface area contributed by atoms with Crippen LogP contribution in [-0.2, 0) is 6.18 Å². The molecule has 3 rings (SSSR count). The summed E-state index contributed by atoms with van der Waals surface area (Å²) in [5, 5.41) is 0. The number of hydrogen-bond acceptors (Lipinski definition) is 6. The topological polar surface area (TPSA) is 70.3 Å². The van der Waals surface area contributed by atoms with Crippen molar-refractivity contribution in [2.45, 2.75) is 25.1 Å². The molecule has 0 aliphatic carbocycles. The molecule has 3 heterocycles. The second-order valence-corrected chi connectivity index (χ2v) is 5.36. The Labute approximate surface area is 120 Å². The second-order valence-electron chi connectivity index (χ2n) is 5.36. The first-order chi connectivity index (χ1) is 9.97. The maximum absolute atomic E-state index is 12.8. The number of nitrogen functional groups attached to an aromatic ring is 1. The zero-order valence-electron chi connectivity index (χ0n) is 11.4. The molecule has 0 spiro atoms. The van der Waals surface area contributed by atoms with E-state index in [2.05, 4.69) is 20.3 Å². The molecule has 1 aromatic heterocycles. The standard InChI is InChI=1S/C12H17F3N6/c13-12(14,15)11-17-9(19-16)6-10(18-11)21-5-4-20-3-1-2-8(20)7-21/h6,8H,1-5,7,16H2,(H,17,18,19). The van der Waals surface area contributed by atoms with Crippen LogP contribution >= 0.6 is 0 Å². The SMILES string of the molecule is NNc1cc(N2CCN3CCCC3C2)nc(C(F)(F)F)n1. The van der Waals surface area contributed by atoms with E-state index in [1.54, 1.807) is 0 Å². The van der Waals surface area contributed by atoms with Crippen LogP contribution in [0.15, 0.2) is 6.07 Å². The van der Waals surface area contributed by atoms with Crippen molar-refractivity contribution in [3.8, 4) is 0 Å². The summed E-state index contributed by atoms with van der Waals surface area (Å²) in [5.74, 6) is 4.29. The predicted molar refractivity (Wildman–Crippen MR) is 71.7 cm³/mol. The van der Waals surface area contributed by atoms with Crippen molar-refractivity contribution in [3.63, 3.8) is 0 Å². The maximum atomic E-state index is 12.8. The molecule has 2 aliphatic rings. The van der Waals surface area contributed by atoms with Crippen LogP contribution in [0.4, 0.5) is 24.8 Å². The first kappa shape index (κ1) is 14.3. The Morgan fingerprint density at radius 1 is 1.24 bits per heavy atom. The molecule has 21 heavy (non-hydrogen) atoms. The second kappa shape index (κ2) is 5.30. The molecule has 0 amide bonds. The summed E-state index contributed by atoms with van der Waals surface area (Å²) in [6.45, 7) is 3.28. The zero-order chi connectivity index (χ0) is 15.0. The van der Waals surface area contributed by atoms with Crippen LogP contribution in [0.25, 0.3) is 0 Å². The molecular formula is C12H17F3N6. The van der Waals surface area contributed by atoms with Gasteiger partial charge in [0.05, 0.1) is 0 Å². The number of nitrogens with two attached hydrogens (primary N) is 1. The van der Waals surface area contributed by atoms with Gasteiger partial charge in [-0.1, -0.05) is 0 Å². The van der Waals surface area contributed by atoms with Crippen LogP contribution in [0.5, 0.6) is 0 Å². The minimum atomic E-state index is -4.59. The van der Waals surface area contributed by atoms with Gasteiger partial charge in [-0.25, -0.2) is 15.8 Å². The first-order valence-corrected chi connectivity index (χ1v) is 6.89. The normalized spacial score (nSPS) is 23.2. The third-order valence-corrected chi connectivity index (χ3v) is 4.03. The van der Waals surface area contributed by atoms with Crippen molar-refractivity contribution >= 4 is 11.6 Å². The Balaban J connectivity index is 1.87. The molecular weight excluding hydrogens is 285 g/mol. The fourth-order valence-corrected chi connectivity index (χ4v) is 3.00. The summed E-state index contributed by atoms with van der Waals surface area (Å²) in [7, 11) is 0. The summed E-state index contributed by atoms with van der Waals surface area (Å²) in [6, 6.07) is 1.86. The predicted octanol–water partition coefficient (Wildman–Crippen LogP) is 1.07. The average molecular weight is 302 g/mol. The van der Waals surface area contributed by atoms with Gasteiger partial charge in [0.2, 0.25) is 5.82 Å². The summed E-state index contributed by atoms with van der Waals surface area (Å²) in [6.07, 6.45) is -2.36. The number of alkyl halides is 3. The molecule has 3 N–H and O–H groups in total. The van der Waals surface area contributed by atoms with E-state index in [0.717, 1.165) is 25.9 Å². The largest absolute Gasteiger partial charge is 0.451 e. The number of nitrogens with one attached hydrogen (secondary N) is 1. The van der Waals surface area contributed by atoms with E-state index in [4.69, 9.17) is 5.84 Å². The number of rotatable bonds is 2. The molecule has 0 radical (unpaired) electrons. The van der Waals surface area contributed by atoms with E-state index in [1.807, 2.05) is 4.90 Å². The molecule has 116 valence electrons. The highest BCUT2D eigenvalue weighted by atomic mass is 19.4. The minimum absolute atomic E-state index is 0.0267. The van der Waals surface area contributed by atoms with Crippen LogP contribution in [-0.4, -0.2) is 47.1 Å². The highest BCUT2D eigenvalue weighted by Crippen LogP contribution is 2.30. The monoisotopic (exact) mass is 302 g/mol. The Kier molecular flexibility index (Phi) is 3.62. The lowest BCUT2D eigenvalue weighted by Gasteiger charge is -2.38. The van der Waals surface area contributed by atoms with Crippen molar-refractivity contribution in [2.75, 3.05) is 36.5 Å². The number of fused-ring (bicyclic) bond motifs is 1. The molecule has 1 aromatic rings. The van der Waals surface area contributed by atoms with E-state index in [0.29, 0.717) is 19.1 Å². The van der Waals surface area contributed by atoms with Gasteiger partial charge in [0.1, 0.15) is 11.6 Å². The molecule has 2 saturated heterocycles. The van der Waals surface area contributed by atoms with E-state index in [-0.39, 0.29) is 11.6 Å². The summed E-state index contributed by atoms with van der Waals surface area (Å²) in [4.78, 5) is 11.3. The van der Waals surface area contributed by atoms with Crippen LogP contribution < -0.4 is 16.2 Å². The van der Waals surface area contributed by atoms with Crippen molar-refractivity contribution in [1.29, 1.82) is 0 Å². The minimum Gasteiger partial charge on any atom is -0.354 e. The quantitative estimate of drug-likeness (QED) is 0.629. The number of piperazine rings is 1. The number of nitrogens with zero attached hydrogens (tertiary/aromatic N) is 4. The van der Waals surface area contributed by atoms with Crippen molar-refractivity contribution in [3.05, 3.63) is 11.9 Å². The Bertz CT molecular complexity index is 520. The van der Waals surface area contributed by atoms with Crippen molar-refractivity contribution < 1.29 is 13.2 Å². The zero-order valence-corrected chi connectivity index (χ0v) is 11.4. The fraction of sp³-hybridized carbons (Fsp3) is 0.667. The summed E-state index contributed by atoms with van der Waals surface area (Å²) < 4.78 is 38.5. The van der Waals surface area contributed by atoms with E-state index in [9.17, 15) is 13.2 Å². The lowest BCUT2D eigenvalue weighted by atomic mass is 10.1. The lowest BCUT2D eigenvalue weighted by molar-refractivity contribution is -0.144. The highest BCUT2D eigenvalue weighted by Gasteiger charge is 2.37. The Morgan fingerprint density at radius 2 is 2.05 bits per heavy atom. The van der Waals surface area contributed by atoms with E-state index < -0.39 is 12.0 Å². The summed E-state index contributed by atoms with van der Waals surface area (Å²) >= 11 is 0. The molecule has 2 fully saturated rings. The molecule has 2 aliphatic heterocycles. The average Bonchev–Trinajstić information content (AvgIpc) is 2.93.